The highest BCUT2D eigenvalue weighted by molar-refractivity contribution is 7.89. The van der Waals surface area contributed by atoms with Crippen molar-refractivity contribution in [2.45, 2.75) is 62.6 Å². The van der Waals surface area contributed by atoms with Crippen molar-refractivity contribution in [3.05, 3.63) is 94.8 Å². The van der Waals surface area contributed by atoms with Gasteiger partial charge in [0.2, 0.25) is 15.9 Å². The summed E-state index contributed by atoms with van der Waals surface area (Å²) in [6, 6.07) is 17.8. The van der Waals surface area contributed by atoms with E-state index in [1.54, 1.807) is 60.7 Å². The molecule has 0 radical (unpaired) electrons. The van der Waals surface area contributed by atoms with Gasteiger partial charge >= 0.3 is 6.09 Å². The molecule has 0 unspecified atom stereocenters. The van der Waals surface area contributed by atoms with Crippen LogP contribution in [-0.2, 0) is 26.0 Å². The predicted molar refractivity (Wildman–Crippen MR) is 173 cm³/mol. The largest absolute Gasteiger partial charge is 0.453 e. The van der Waals surface area contributed by atoms with Gasteiger partial charge in [0.1, 0.15) is 11.9 Å². The lowest BCUT2D eigenvalue weighted by molar-refractivity contribution is -0.118. The molecule has 9 nitrogen and oxygen atoms in total. The molecule has 1 fully saturated rings. The highest BCUT2D eigenvalue weighted by Gasteiger charge is 2.38. The molecule has 2 amide bonds. The second kappa shape index (κ2) is 15.2. The lowest BCUT2D eigenvalue weighted by Crippen LogP contribution is -2.58. The molecule has 1 aliphatic rings. The van der Waals surface area contributed by atoms with Crippen LogP contribution in [0.2, 0.25) is 5.02 Å². The third-order valence-electron chi connectivity index (χ3n) is 8.11. The van der Waals surface area contributed by atoms with Crippen LogP contribution in [0.25, 0.3) is 0 Å². The van der Waals surface area contributed by atoms with Gasteiger partial charge in [0.25, 0.3) is 0 Å². The number of methoxy groups -OCH3 is 1. The number of carbonyl (C=O) groups is 2. The molecular formula is C33H40ClFN4O5S. The highest BCUT2D eigenvalue weighted by Crippen LogP contribution is 2.32. The molecule has 4 atom stereocenters. The molecule has 0 saturated carbocycles. The van der Waals surface area contributed by atoms with E-state index in [4.69, 9.17) is 16.3 Å². The summed E-state index contributed by atoms with van der Waals surface area (Å²) in [5.74, 6) is -1.64. The molecule has 1 heterocycles. The summed E-state index contributed by atoms with van der Waals surface area (Å²) in [5, 5.41) is 9.32. The first-order chi connectivity index (χ1) is 21.4. The number of piperazine rings is 1. The number of carbonyl (C=O) groups excluding carboxylic acids is 2. The zero-order chi connectivity index (χ0) is 32.7. The van der Waals surface area contributed by atoms with E-state index in [1.165, 1.54) is 23.5 Å². The van der Waals surface area contributed by atoms with Crippen LogP contribution < -0.4 is 16.0 Å². The number of anilines is 1. The number of nitrogens with one attached hydrogen (secondary N) is 3. The summed E-state index contributed by atoms with van der Waals surface area (Å²) in [7, 11) is -2.59. The van der Waals surface area contributed by atoms with E-state index in [9.17, 15) is 18.0 Å². The first-order valence-electron chi connectivity index (χ1n) is 14.9. The number of amides is 2. The number of benzene rings is 3. The zero-order valence-corrected chi connectivity index (χ0v) is 27.4. The molecule has 1 saturated heterocycles. The van der Waals surface area contributed by atoms with Gasteiger partial charge in [0.05, 0.1) is 12.0 Å². The number of alkyl carbamates (subject to hydrolysis) is 1. The maximum absolute atomic E-state index is 15.4. The van der Waals surface area contributed by atoms with Crippen molar-refractivity contribution in [2.75, 3.05) is 25.5 Å². The Morgan fingerprint density at radius 1 is 1.04 bits per heavy atom. The van der Waals surface area contributed by atoms with Gasteiger partial charge in [0.15, 0.2) is 0 Å². The van der Waals surface area contributed by atoms with E-state index < -0.39 is 45.8 Å². The van der Waals surface area contributed by atoms with Crippen molar-refractivity contribution in [3.63, 3.8) is 0 Å². The summed E-state index contributed by atoms with van der Waals surface area (Å²) >= 11 is 6.10. The Labute approximate surface area is 269 Å². The topological polar surface area (TPSA) is 117 Å². The fourth-order valence-corrected chi connectivity index (χ4v) is 7.97. The Morgan fingerprint density at radius 2 is 1.73 bits per heavy atom. The molecule has 12 heteroatoms. The van der Waals surface area contributed by atoms with Crippen molar-refractivity contribution < 1.29 is 27.1 Å². The first kappa shape index (κ1) is 34.4. The monoisotopic (exact) mass is 658 g/mol. The van der Waals surface area contributed by atoms with Gasteiger partial charge in [-0.05, 0) is 67.6 Å². The van der Waals surface area contributed by atoms with Gasteiger partial charge in [-0.3, -0.25) is 4.79 Å². The maximum Gasteiger partial charge on any atom is 0.407 e. The highest BCUT2D eigenvalue weighted by atomic mass is 35.5. The molecule has 3 aromatic carbocycles. The average Bonchev–Trinajstić information content (AvgIpc) is 3.01. The van der Waals surface area contributed by atoms with Crippen molar-refractivity contribution in [3.8, 4) is 0 Å². The van der Waals surface area contributed by atoms with Crippen LogP contribution in [0.15, 0.2) is 77.7 Å². The van der Waals surface area contributed by atoms with Gasteiger partial charge < -0.3 is 20.7 Å². The number of sulfonamides is 1. The van der Waals surface area contributed by atoms with Crippen molar-refractivity contribution in [1.82, 2.24) is 14.9 Å². The molecular weight excluding hydrogens is 619 g/mol. The second-order valence-electron chi connectivity index (χ2n) is 11.5. The Bertz CT molecular complexity index is 1570. The summed E-state index contributed by atoms with van der Waals surface area (Å²) in [6.45, 7) is 6.59. The summed E-state index contributed by atoms with van der Waals surface area (Å²) in [6.07, 6.45) is -0.328. The molecule has 4 rings (SSSR count). The SMILES string of the molecule is COC(=O)N[C@H](C(=O)Nc1cccc(F)c1CC[C@H]1CNC[C@@H](C)N1S(=O)(=O)c1ccccc1)[C@@H](c1ccc(Cl)cc1)C(C)C. The Morgan fingerprint density at radius 3 is 2.38 bits per heavy atom. The zero-order valence-electron chi connectivity index (χ0n) is 25.8. The fourth-order valence-electron chi connectivity index (χ4n) is 5.98. The summed E-state index contributed by atoms with van der Waals surface area (Å²) < 4.78 is 49.0. The van der Waals surface area contributed by atoms with Crippen molar-refractivity contribution in [1.29, 1.82) is 0 Å². The van der Waals surface area contributed by atoms with Gasteiger partial charge in [0, 0.05) is 47.4 Å². The number of ether oxygens (including phenoxy) is 1. The number of hydrogen-bond donors (Lipinski definition) is 3. The third kappa shape index (κ3) is 8.21. The molecule has 0 aromatic heterocycles. The normalized spacial score (nSPS) is 18.6. The van der Waals surface area contributed by atoms with Gasteiger partial charge in [-0.2, -0.15) is 4.31 Å². The van der Waals surface area contributed by atoms with Crippen LogP contribution in [-0.4, -0.2) is 63.0 Å². The predicted octanol–water partition coefficient (Wildman–Crippen LogP) is 5.57. The average molecular weight is 659 g/mol. The van der Waals surface area contributed by atoms with Crippen LogP contribution in [0.4, 0.5) is 14.9 Å². The van der Waals surface area contributed by atoms with Crippen molar-refractivity contribution >= 4 is 39.3 Å². The summed E-state index contributed by atoms with van der Waals surface area (Å²) in [4.78, 5) is 26.5. The molecule has 45 heavy (non-hydrogen) atoms. The number of halogens is 2. The lowest BCUT2D eigenvalue weighted by atomic mass is 9.82. The molecule has 3 N–H and O–H groups in total. The number of hydrogen-bond acceptors (Lipinski definition) is 6. The van der Waals surface area contributed by atoms with E-state index in [1.807, 2.05) is 20.8 Å². The van der Waals surface area contributed by atoms with E-state index in [-0.39, 0.29) is 34.5 Å². The quantitative estimate of drug-likeness (QED) is 0.248. The Balaban J connectivity index is 1.60. The van der Waals surface area contributed by atoms with Gasteiger partial charge in [-0.15, -0.1) is 0 Å². The van der Waals surface area contributed by atoms with Crippen LogP contribution >= 0.6 is 11.6 Å². The maximum atomic E-state index is 15.4. The second-order valence-corrected chi connectivity index (χ2v) is 13.8. The van der Waals surface area contributed by atoms with Crippen LogP contribution in [0.5, 0.6) is 0 Å². The minimum atomic E-state index is -3.81. The van der Waals surface area contributed by atoms with Crippen molar-refractivity contribution in [2.24, 2.45) is 5.92 Å². The third-order valence-corrected chi connectivity index (χ3v) is 10.4. The van der Waals surface area contributed by atoms with Crippen LogP contribution in [0.3, 0.4) is 0 Å². The number of rotatable bonds is 11. The minimum absolute atomic E-state index is 0.0931. The van der Waals surface area contributed by atoms with E-state index in [2.05, 4.69) is 16.0 Å². The number of nitrogens with zero attached hydrogens (tertiary/aromatic N) is 1. The smallest absolute Gasteiger partial charge is 0.407 e. The fraction of sp³-hybridized carbons (Fsp3) is 0.394. The molecule has 0 bridgehead atoms. The van der Waals surface area contributed by atoms with Crippen LogP contribution in [0.1, 0.15) is 44.2 Å². The molecule has 242 valence electrons. The van der Waals surface area contributed by atoms with E-state index >= 15 is 4.39 Å². The molecule has 0 spiro atoms. The van der Waals surface area contributed by atoms with E-state index in [0.717, 1.165) is 5.56 Å². The summed E-state index contributed by atoms with van der Waals surface area (Å²) in [5.41, 5.74) is 1.26. The molecule has 1 aliphatic heterocycles. The van der Waals surface area contributed by atoms with E-state index in [0.29, 0.717) is 24.5 Å². The molecule has 0 aliphatic carbocycles. The Hall–Kier alpha value is -3.51. The standard InChI is InChI=1S/C33H40ClFN4O5S/c1-21(2)30(23-13-15-24(34)16-14-23)31(38-33(41)44-4)32(40)37-29-12-8-11-28(35)27(29)18-17-25-20-36-19-22(3)39(25)45(42,43)26-9-6-5-7-10-26/h5-16,21-22,25,30-31,36H,17-20H2,1-4H3,(H,37,40)(H,38,41)/t22-,25+,30-,31+/m1/s1. The van der Waals surface area contributed by atoms with Gasteiger partial charge in [-0.1, -0.05) is 61.8 Å². The lowest BCUT2D eigenvalue weighted by Gasteiger charge is -2.40. The molecule has 3 aromatic rings. The van der Waals surface area contributed by atoms with Gasteiger partial charge in [-0.25, -0.2) is 17.6 Å². The first-order valence-corrected chi connectivity index (χ1v) is 16.7. The van der Waals surface area contributed by atoms with Crippen LogP contribution in [0, 0.1) is 11.7 Å². The minimum Gasteiger partial charge on any atom is -0.453 e. The Kier molecular flexibility index (Phi) is 11.6.